The smallest absolute Gasteiger partial charge is 0.247 e. The van der Waals surface area contributed by atoms with Crippen molar-refractivity contribution in [3.05, 3.63) is 35.9 Å². The number of nitrogens with zero attached hydrogens (tertiary/aromatic N) is 1. The highest BCUT2D eigenvalue weighted by Gasteiger charge is 2.36. The van der Waals surface area contributed by atoms with Crippen LogP contribution in [0.5, 0.6) is 0 Å². The molecule has 4 heteroatoms. The second kappa shape index (κ2) is 5.43. The van der Waals surface area contributed by atoms with Crippen LogP contribution in [-0.4, -0.2) is 35.3 Å². The Bertz CT molecular complexity index is 468. The summed E-state index contributed by atoms with van der Waals surface area (Å²) in [4.78, 5) is 25.7. The number of rotatable bonds is 3. The number of hydrogen-bond donors (Lipinski definition) is 1. The molecule has 1 aromatic rings. The Morgan fingerprint density at radius 1 is 1.21 bits per heavy atom. The van der Waals surface area contributed by atoms with Crippen molar-refractivity contribution in [3.8, 4) is 0 Å². The molecule has 1 aromatic carbocycles. The first-order valence-electron chi connectivity index (χ1n) is 6.63. The van der Waals surface area contributed by atoms with Crippen molar-refractivity contribution in [2.75, 3.05) is 13.1 Å². The summed E-state index contributed by atoms with van der Waals surface area (Å²) in [5, 5.41) is 2.77. The zero-order chi connectivity index (χ0) is 13.9. The number of hydrogen-bond acceptors (Lipinski definition) is 2. The zero-order valence-corrected chi connectivity index (χ0v) is 11.5. The molecule has 2 rings (SSSR count). The molecule has 1 aliphatic rings. The minimum Gasteiger partial charge on any atom is -0.342 e. The van der Waals surface area contributed by atoms with Crippen molar-refractivity contribution < 1.29 is 9.59 Å². The van der Waals surface area contributed by atoms with Gasteiger partial charge in [-0.3, -0.25) is 9.59 Å². The number of carbonyl (C=O) groups excluding carboxylic acids is 2. The lowest BCUT2D eigenvalue weighted by atomic mass is 10.0. The van der Waals surface area contributed by atoms with Gasteiger partial charge < -0.3 is 10.2 Å². The van der Waals surface area contributed by atoms with Gasteiger partial charge in [0.25, 0.3) is 0 Å². The van der Waals surface area contributed by atoms with Gasteiger partial charge in [0.15, 0.2) is 0 Å². The number of carbonyl (C=O) groups is 2. The van der Waals surface area contributed by atoms with Crippen LogP contribution in [0.1, 0.15) is 25.8 Å². The molecule has 1 heterocycles. The highest BCUT2D eigenvalue weighted by molar-refractivity contribution is 5.92. The van der Waals surface area contributed by atoms with Crippen LogP contribution in [0.3, 0.4) is 0 Å². The van der Waals surface area contributed by atoms with Gasteiger partial charge in [0.2, 0.25) is 11.8 Å². The van der Waals surface area contributed by atoms with Gasteiger partial charge in [-0.2, -0.15) is 0 Å². The molecule has 1 aliphatic heterocycles. The topological polar surface area (TPSA) is 49.4 Å². The molecule has 0 aliphatic carbocycles. The Balaban J connectivity index is 2.03. The van der Waals surface area contributed by atoms with Crippen LogP contribution in [0.2, 0.25) is 0 Å². The fourth-order valence-corrected chi connectivity index (χ4v) is 2.32. The number of benzene rings is 1. The van der Waals surface area contributed by atoms with E-state index in [9.17, 15) is 9.59 Å². The van der Waals surface area contributed by atoms with E-state index >= 15 is 0 Å². The maximum absolute atomic E-state index is 12.3. The van der Waals surface area contributed by atoms with Crippen molar-refractivity contribution in [3.63, 3.8) is 0 Å². The summed E-state index contributed by atoms with van der Waals surface area (Å²) in [6.45, 7) is 4.67. The normalized spacial score (nSPS) is 18.9. The minimum atomic E-state index is -0.801. The molecule has 4 nitrogen and oxygen atoms in total. The molecule has 0 saturated carbocycles. The minimum absolute atomic E-state index is 0.00530. The third-order valence-corrected chi connectivity index (χ3v) is 3.40. The average molecular weight is 260 g/mol. The maximum Gasteiger partial charge on any atom is 0.247 e. The first kappa shape index (κ1) is 13.6. The molecule has 0 radical (unpaired) electrons. The highest BCUT2D eigenvalue weighted by atomic mass is 16.2. The molecule has 0 aromatic heterocycles. The van der Waals surface area contributed by atoms with Gasteiger partial charge in [0.05, 0.1) is 0 Å². The van der Waals surface area contributed by atoms with E-state index in [2.05, 4.69) is 17.4 Å². The second-order valence-corrected chi connectivity index (χ2v) is 5.45. The quantitative estimate of drug-likeness (QED) is 0.892. The van der Waals surface area contributed by atoms with E-state index in [4.69, 9.17) is 0 Å². The molecule has 0 spiro atoms. The Morgan fingerprint density at radius 3 is 2.58 bits per heavy atom. The molecule has 0 unspecified atom stereocenters. The molecule has 2 amide bonds. The van der Waals surface area contributed by atoms with Crippen LogP contribution in [0, 0.1) is 0 Å². The lowest BCUT2D eigenvalue weighted by Gasteiger charge is -2.28. The summed E-state index contributed by atoms with van der Waals surface area (Å²) < 4.78 is 0. The zero-order valence-electron chi connectivity index (χ0n) is 11.5. The summed E-state index contributed by atoms with van der Waals surface area (Å²) in [5.41, 5.74) is 0.404. The van der Waals surface area contributed by atoms with E-state index in [1.807, 2.05) is 18.2 Å². The van der Waals surface area contributed by atoms with E-state index in [0.717, 1.165) is 6.42 Å². The van der Waals surface area contributed by atoms with Gasteiger partial charge in [-0.25, -0.2) is 0 Å². The van der Waals surface area contributed by atoms with Gasteiger partial charge in [-0.05, 0) is 25.8 Å². The van der Waals surface area contributed by atoms with Crippen LogP contribution < -0.4 is 5.32 Å². The third kappa shape index (κ3) is 3.34. The van der Waals surface area contributed by atoms with Crippen molar-refractivity contribution in [2.45, 2.75) is 32.2 Å². The molecule has 0 atom stereocenters. The van der Waals surface area contributed by atoms with E-state index in [1.165, 1.54) is 5.56 Å². The fraction of sp³-hybridized carbons (Fsp3) is 0.467. The first-order valence-corrected chi connectivity index (χ1v) is 6.63. The summed E-state index contributed by atoms with van der Waals surface area (Å²) in [6.07, 6.45) is 1.20. The molecule has 102 valence electrons. The molecule has 0 bridgehead atoms. The van der Waals surface area contributed by atoms with Crippen LogP contribution in [0.15, 0.2) is 30.3 Å². The van der Waals surface area contributed by atoms with Crippen LogP contribution in [0.25, 0.3) is 0 Å². The van der Waals surface area contributed by atoms with Crippen molar-refractivity contribution >= 4 is 11.8 Å². The highest BCUT2D eigenvalue weighted by Crippen LogP contribution is 2.14. The van der Waals surface area contributed by atoms with E-state index in [1.54, 1.807) is 18.7 Å². The Hall–Kier alpha value is -1.84. The predicted molar refractivity (Wildman–Crippen MR) is 73.6 cm³/mol. The standard InChI is InChI=1S/C15H20N2O2/c1-15(2)14(19)17(11-9-13(18)16-15)10-8-12-6-4-3-5-7-12/h3-7H,8-11H2,1-2H3,(H,16,18). The molecular weight excluding hydrogens is 240 g/mol. The van der Waals surface area contributed by atoms with Crippen LogP contribution in [-0.2, 0) is 16.0 Å². The fourth-order valence-electron chi connectivity index (χ4n) is 2.32. The largest absolute Gasteiger partial charge is 0.342 e. The summed E-state index contributed by atoms with van der Waals surface area (Å²) in [7, 11) is 0. The second-order valence-electron chi connectivity index (χ2n) is 5.45. The van der Waals surface area contributed by atoms with Gasteiger partial charge in [0.1, 0.15) is 5.54 Å². The lowest BCUT2D eigenvalue weighted by Crippen LogP contribution is -2.53. The van der Waals surface area contributed by atoms with E-state index in [0.29, 0.717) is 19.5 Å². The van der Waals surface area contributed by atoms with Gasteiger partial charge in [-0.15, -0.1) is 0 Å². The van der Waals surface area contributed by atoms with E-state index in [-0.39, 0.29) is 11.8 Å². The predicted octanol–water partition coefficient (Wildman–Crippen LogP) is 1.36. The monoisotopic (exact) mass is 260 g/mol. The maximum atomic E-state index is 12.3. The van der Waals surface area contributed by atoms with Crippen molar-refractivity contribution in [1.82, 2.24) is 10.2 Å². The van der Waals surface area contributed by atoms with Crippen LogP contribution in [0.4, 0.5) is 0 Å². The number of amides is 2. The molecular formula is C15H20N2O2. The molecule has 1 N–H and O–H groups in total. The molecule has 1 fully saturated rings. The molecule has 1 saturated heterocycles. The van der Waals surface area contributed by atoms with E-state index < -0.39 is 5.54 Å². The molecule has 19 heavy (non-hydrogen) atoms. The average Bonchev–Trinajstić information content (AvgIpc) is 2.47. The summed E-state index contributed by atoms with van der Waals surface area (Å²) in [5.74, 6) is -0.0603. The Labute approximate surface area is 113 Å². The van der Waals surface area contributed by atoms with Crippen molar-refractivity contribution in [1.29, 1.82) is 0 Å². The lowest BCUT2D eigenvalue weighted by molar-refractivity contribution is -0.137. The first-order chi connectivity index (χ1) is 8.99. The summed E-state index contributed by atoms with van der Waals surface area (Å²) >= 11 is 0. The van der Waals surface area contributed by atoms with Crippen LogP contribution >= 0.6 is 0 Å². The Morgan fingerprint density at radius 2 is 1.89 bits per heavy atom. The number of nitrogens with one attached hydrogen (secondary N) is 1. The van der Waals surface area contributed by atoms with Gasteiger partial charge >= 0.3 is 0 Å². The van der Waals surface area contributed by atoms with Gasteiger partial charge in [-0.1, -0.05) is 30.3 Å². The third-order valence-electron chi connectivity index (χ3n) is 3.40. The van der Waals surface area contributed by atoms with Gasteiger partial charge in [0, 0.05) is 19.5 Å². The Kier molecular flexibility index (Phi) is 3.88. The SMILES string of the molecule is CC1(C)NC(=O)CCN(CCc2ccccc2)C1=O. The van der Waals surface area contributed by atoms with Crippen molar-refractivity contribution in [2.24, 2.45) is 0 Å². The summed E-state index contributed by atoms with van der Waals surface area (Å²) in [6, 6.07) is 10.1.